The number of benzene rings is 1. The lowest BCUT2D eigenvalue weighted by Gasteiger charge is -2.00. The van der Waals surface area contributed by atoms with E-state index in [4.69, 9.17) is 0 Å². The van der Waals surface area contributed by atoms with Crippen molar-refractivity contribution in [3.05, 3.63) is 39.1 Å². The lowest BCUT2D eigenvalue weighted by Crippen LogP contribution is -1.92. The van der Waals surface area contributed by atoms with Gasteiger partial charge in [0.2, 0.25) is 0 Å². The third-order valence-electron chi connectivity index (χ3n) is 2.28. The Balaban J connectivity index is 2.28. The van der Waals surface area contributed by atoms with Crippen LogP contribution in [0.4, 0.5) is 0 Å². The molecule has 3 heteroatoms. The van der Waals surface area contributed by atoms with Crippen LogP contribution < -0.4 is 0 Å². The highest BCUT2D eigenvalue weighted by Gasteiger charge is 2.08. The van der Waals surface area contributed by atoms with E-state index in [9.17, 15) is 0 Å². The molecule has 0 saturated carbocycles. The first-order valence-corrected chi connectivity index (χ1v) is 7.03. The van der Waals surface area contributed by atoms with Crippen molar-refractivity contribution in [1.29, 1.82) is 0 Å². The lowest BCUT2D eigenvalue weighted by atomic mass is 10.1. The summed E-state index contributed by atoms with van der Waals surface area (Å²) < 4.78 is 1.11. The highest BCUT2D eigenvalue weighted by atomic mass is 79.9. The van der Waals surface area contributed by atoms with Crippen LogP contribution in [0.2, 0.25) is 0 Å². The van der Waals surface area contributed by atoms with Crippen LogP contribution in [0.3, 0.4) is 0 Å². The number of halogens is 1. The molecule has 1 heterocycles. The first-order chi connectivity index (χ1) is 7.66. The molecule has 0 radical (unpaired) electrons. The Morgan fingerprint density at radius 1 is 1.31 bits per heavy atom. The standard InChI is InChI=1S/C13H14BrNS/c1-9(2)7-13-15-12(8-16-13)10-5-3-4-6-11(10)14/h3-6,8-9H,7H2,1-2H3. The Morgan fingerprint density at radius 2 is 2.06 bits per heavy atom. The van der Waals surface area contributed by atoms with Gasteiger partial charge in [-0.05, 0) is 12.0 Å². The van der Waals surface area contributed by atoms with E-state index in [-0.39, 0.29) is 0 Å². The van der Waals surface area contributed by atoms with Gasteiger partial charge in [-0.3, -0.25) is 0 Å². The van der Waals surface area contributed by atoms with Crippen molar-refractivity contribution < 1.29 is 0 Å². The maximum atomic E-state index is 4.67. The fourth-order valence-corrected chi connectivity index (χ4v) is 3.04. The van der Waals surface area contributed by atoms with Gasteiger partial charge in [0.05, 0.1) is 10.7 Å². The summed E-state index contributed by atoms with van der Waals surface area (Å²) in [5.41, 5.74) is 2.25. The van der Waals surface area contributed by atoms with Gasteiger partial charge in [-0.2, -0.15) is 0 Å². The largest absolute Gasteiger partial charge is 0.241 e. The van der Waals surface area contributed by atoms with Gasteiger partial charge < -0.3 is 0 Å². The van der Waals surface area contributed by atoms with Crippen molar-refractivity contribution in [2.75, 3.05) is 0 Å². The summed E-state index contributed by atoms with van der Waals surface area (Å²) in [5, 5.41) is 3.36. The molecule has 2 aromatic rings. The molecule has 2 rings (SSSR count). The van der Waals surface area contributed by atoms with Gasteiger partial charge in [-0.15, -0.1) is 11.3 Å². The summed E-state index contributed by atoms with van der Waals surface area (Å²) in [6, 6.07) is 8.21. The molecule has 1 nitrogen and oxygen atoms in total. The van der Waals surface area contributed by atoms with Gasteiger partial charge in [0.25, 0.3) is 0 Å². The van der Waals surface area contributed by atoms with E-state index in [1.807, 2.05) is 12.1 Å². The number of aromatic nitrogens is 1. The van der Waals surface area contributed by atoms with Crippen molar-refractivity contribution in [3.8, 4) is 11.3 Å². The molecule has 0 bridgehead atoms. The predicted octanol–water partition coefficient (Wildman–Crippen LogP) is 4.77. The Hall–Kier alpha value is -0.670. The number of hydrogen-bond donors (Lipinski definition) is 0. The molecule has 1 aromatic carbocycles. The van der Waals surface area contributed by atoms with Gasteiger partial charge in [-0.25, -0.2) is 4.98 Å². The highest BCUT2D eigenvalue weighted by molar-refractivity contribution is 9.10. The molecule has 0 aliphatic heterocycles. The fraction of sp³-hybridized carbons (Fsp3) is 0.308. The fourth-order valence-electron chi connectivity index (χ4n) is 1.55. The number of hydrogen-bond acceptors (Lipinski definition) is 2. The number of nitrogens with zero attached hydrogens (tertiary/aromatic N) is 1. The average molecular weight is 296 g/mol. The molecule has 16 heavy (non-hydrogen) atoms. The van der Waals surface area contributed by atoms with Gasteiger partial charge >= 0.3 is 0 Å². The zero-order valence-corrected chi connectivity index (χ0v) is 11.8. The summed E-state index contributed by atoms with van der Waals surface area (Å²) in [4.78, 5) is 4.67. The number of rotatable bonds is 3. The molecule has 0 atom stereocenters. The van der Waals surface area contributed by atoms with Crippen LogP contribution in [0.5, 0.6) is 0 Å². The van der Waals surface area contributed by atoms with Crippen LogP contribution in [-0.2, 0) is 6.42 Å². The summed E-state index contributed by atoms with van der Waals surface area (Å²) >= 11 is 5.31. The van der Waals surface area contributed by atoms with Gasteiger partial charge in [0.15, 0.2) is 0 Å². The molecule has 0 saturated heterocycles. The Bertz CT molecular complexity index is 476. The lowest BCUT2D eigenvalue weighted by molar-refractivity contribution is 0.645. The van der Waals surface area contributed by atoms with Crippen molar-refractivity contribution in [1.82, 2.24) is 4.98 Å². The molecule has 0 fully saturated rings. The van der Waals surface area contributed by atoms with Gasteiger partial charge in [-0.1, -0.05) is 48.0 Å². The zero-order chi connectivity index (χ0) is 11.5. The second-order valence-electron chi connectivity index (χ2n) is 4.20. The molecule has 1 aromatic heterocycles. The van der Waals surface area contributed by atoms with E-state index in [1.165, 1.54) is 10.6 Å². The minimum absolute atomic E-state index is 0.665. The van der Waals surface area contributed by atoms with E-state index >= 15 is 0 Å². The number of thiazole rings is 1. The minimum Gasteiger partial charge on any atom is -0.241 e. The van der Waals surface area contributed by atoms with Crippen LogP contribution in [-0.4, -0.2) is 4.98 Å². The normalized spacial score (nSPS) is 11.0. The maximum absolute atomic E-state index is 4.67. The Kier molecular flexibility index (Phi) is 3.77. The van der Waals surface area contributed by atoms with Gasteiger partial charge in [0, 0.05) is 21.8 Å². The van der Waals surface area contributed by atoms with Crippen LogP contribution in [0.1, 0.15) is 18.9 Å². The first kappa shape index (κ1) is 11.8. The summed E-state index contributed by atoms with van der Waals surface area (Å²) in [5.74, 6) is 0.665. The third kappa shape index (κ3) is 2.71. The van der Waals surface area contributed by atoms with Crippen LogP contribution >= 0.6 is 27.3 Å². The molecule has 0 aliphatic rings. The molecule has 0 N–H and O–H groups in total. The second-order valence-corrected chi connectivity index (χ2v) is 6.00. The molecule has 0 aliphatic carbocycles. The third-order valence-corrected chi connectivity index (χ3v) is 3.85. The quantitative estimate of drug-likeness (QED) is 0.795. The molecule has 0 spiro atoms. The summed E-state index contributed by atoms with van der Waals surface area (Å²) in [6.45, 7) is 4.44. The van der Waals surface area contributed by atoms with Crippen molar-refractivity contribution in [3.63, 3.8) is 0 Å². The predicted molar refractivity (Wildman–Crippen MR) is 73.8 cm³/mol. The van der Waals surface area contributed by atoms with E-state index < -0.39 is 0 Å². The van der Waals surface area contributed by atoms with E-state index in [0.717, 1.165) is 16.6 Å². The topological polar surface area (TPSA) is 12.9 Å². The molecule has 84 valence electrons. The van der Waals surface area contributed by atoms with E-state index in [1.54, 1.807) is 11.3 Å². The molecular weight excluding hydrogens is 282 g/mol. The Labute approximate surface area is 109 Å². The molecule has 0 unspecified atom stereocenters. The maximum Gasteiger partial charge on any atom is 0.0935 e. The molecular formula is C13H14BrNS. The van der Waals surface area contributed by atoms with Crippen molar-refractivity contribution >= 4 is 27.3 Å². The highest BCUT2D eigenvalue weighted by Crippen LogP contribution is 2.29. The average Bonchev–Trinajstić information content (AvgIpc) is 2.66. The van der Waals surface area contributed by atoms with Crippen LogP contribution in [0.25, 0.3) is 11.3 Å². The Morgan fingerprint density at radius 3 is 2.75 bits per heavy atom. The monoisotopic (exact) mass is 295 g/mol. The smallest absolute Gasteiger partial charge is 0.0935 e. The first-order valence-electron chi connectivity index (χ1n) is 5.36. The van der Waals surface area contributed by atoms with E-state index in [2.05, 4.69) is 52.3 Å². The van der Waals surface area contributed by atoms with Crippen molar-refractivity contribution in [2.45, 2.75) is 20.3 Å². The van der Waals surface area contributed by atoms with Crippen LogP contribution in [0.15, 0.2) is 34.1 Å². The van der Waals surface area contributed by atoms with E-state index in [0.29, 0.717) is 5.92 Å². The summed E-state index contributed by atoms with van der Waals surface area (Å²) in [7, 11) is 0. The second kappa shape index (κ2) is 5.11. The minimum atomic E-state index is 0.665. The zero-order valence-electron chi connectivity index (χ0n) is 9.40. The summed E-state index contributed by atoms with van der Waals surface area (Å²) in [6.07, 6.45) is 1.06. The van der Waals surface area contributed by atoms with Crippen molar-refractivity contribution in [2.24, 2.45) is 5.92 Å². The SMILES string of the molecule is CC(C)Cc1nc(-c2ccccc2Br)cs1. The van der Waals surface area contributed by atoms with Crippen LogP contribution in [0, 0.1) is 5.92 Å². The van der Waals surface area contributed by atoms with Gasteiger partial charge in [0.1, 0.15) is 0 Å². The molecule has 0 amide bonds.